The molecule has 0 radical (unpaired) electrons. The van der Waals surface area contributed by atoms with Gasteiger partial charge in [0.2, 0.25) is 15.9 Å². The van der Waals surface area contributed by atoms with Gasteiger partial charge in [-0.25, -0.2) is 8.42 Å². The van der Waals surface area contributed by atoms with Crippen molar-refractivity contribution in [3.63, 3.8) is 0 Å². The predicted molar refractivity (Wildman–Crippen MR) is 119 cm³/mol. The van der Waals surface area contributed by atoms with Crippen molar-refractivity contribution in [2.75, 3.05) is 6.54 Å². The molecule has 0 aliphatic heterocycles. The van der Waals surface area contributed by atoms with Gasteiger partial charge in [-0.2, -0.15) is 4.72 Å². The van der Waals surface area contributed by atoms with E-state index >= 15 is 0 Å². The highest BCUT2D eigenvalue weighted by atomic mass is 32.2. The van der Waals surface area contributed by atoms with Crippen LogP contribution in [0.25, 0.3) is 6.08 Å². The van der Waals surface area contributed by atoms with Crippen LogP contribution in [0.1, 0.15) is 44.2 Å². The molecule has 2 N–H and O–H groups in total. The highest BCUT2D eigenvalue weighted by molar-refractivity contribution is 7.92. The summed E-state index contributed by atoms with van der Waals surface area (Å²) >= 11 is 0. The van der Waals surface area contributed by atoms with Gasteiger partial charge in [0.05, 0.1) is 0 Å². The third-order valence-electron chi connectivity index (χ3n) is 4.77. The van der Waals surface area contributed by atoms with Gasteiger partial charge in [-0.05, 0) is 29.5 Å². The fourth-order valence-electron chi connectivity index (χ4n) is 3.00. The Hall–Kier alpha value is -2.44. The van der Waals surface area contributed by atoms with Crippen molar-refractivity contribution < 1.29 is 13.2 Å². The fourth-order valence-corrected chi connectivity index (χ4v) is 4.15. The van der Waals surface area contributed by atoms with Gasteiger partial charge in [0, 0.05) is 17.9 Å². The first-order valence-corrected chi connectivity index (χ1v) is 11.4. The molecule has 29 heavy (non-hydrogen) atoms. The summed E-state index contributed by atoms with van der Waals surface area (Å²) in [6.45, 7) is 6.18. The van der Waals surface area contributed by atoms with E-state index in [1.807, 2.05) is 74.5 Å². The molecule has 1 amide bonds. The van der Waals surface area contributed by atoms with Crippen molar-refractivity contribution in [2.45, 2.75) is 39.2 Å². The maximum atomic E-state index is 12.7. The first-order chi connectivity index (χ1) is 13.8. The topological polar surface area (TPSA) is 75.3 Å². The van der Waals surface area contributed by atoms with Crippen LogP contribution in [0.3, 0.4) is 0 Å². The number of benzene rings is 2. The molecule has 0 aliphatic rings. The first kappa shape index (κ1) is 22.8. The van der Waals surface area contributed by atoms with E-state index in [1.165, 1.54) is 6.08 Å². The van der Waals surface area contributed by atoms with E-state index in [0.29, 0.717) is 6.54 Å². The standard InChI is InChI=1S/C23H30N2O3S/c1-4-20(21-13-9-6-10-14-21)17-24-23(26)22(18(2)3)25-29(27,28)16-15-19-11-7-5-8-12-19/h5-16,18,20,22,25H,4,17H2,1-3H3,(H,24,26)/b16-15+. The van der Waals surface area contributed by atoms with Crippen molar-refractivity contribution in [1.82, 2.24) is 10.0 Å². The lowest BCUT2D eigenvalue weighted by atomic mass is 9.96. The van der Waals surface area contributed by atoms with Crippen molar-refractivity contribution in [3.8, 4) is 0 Å². The number of carbonyl (C=O) groups excluding carboxylic acids is 1. The summed E-state index contributed by atoms with van der Waals surface area (Å²) in [5.74, 6) is -0.319. The maximum absolute atomic E-state index is 12.7. The zero-order valence-corrected chi connectivity index (χ0v) is 18.0. The Balaban J connectivity index is 2.02. The lowest BCUT2D eigenvalue weighted by Crippen LogP contribution is -2.49. The van der Waals surface area contributed by atoms with Crippen molar-refractivity contribution >= 4 is 22.0 Å². The van der Waals surface area contributed by atoms with Gasteiger partial charge in [0.1, 0.15) is 6.04 Å². The lowest BCUT2D eigenvalue weighted by Gasteiger charge is -2.23. The predicted octanol–water partition coefficient (Wildman–Crippen LogP) is 3.91. The van der Waals surface area contributed by atoms with Crippen molar-refractivity contribution in [2.24, 2.45) is 5.92 Å². The second-order valence-corrected chi connectivity index (χ2v) is 8.96. The molecule has 2 aromatic rings. The molecule has 6 heteroatoms. The van der Waals surface area contributed by atoms with Crippen LogP contribution in [-0.4, -0.2) is 26.9 Å². The molecule has 0 bridgehead atoms. The third kappa shape index (κ3) is 7.48. The summed E-state index contributed by atoms with van der Waals surface area (Å²) in [6.07, 6.45) is 2.39. The van der Waals surface area contributed by atoms with Crippen LogP contribution in [-0.2, 0) is 14.8 Å². The molecular weight excluding hydrogens is 384 g/mol. The molecule has 2 rings (SSSR count). The van der Waals surface area contributed by atoms with Crippen LogP contribution in [0.5, 0.6) is 0 Å². The minimum atomic E-state index is -3.76. The Bertz CT molecular complexity index is 894. The number of nitrogens with one attached hydrogen (secondary N) is 2. The summed E-state index contributed by atoms with van der Waals surface area (Å²) in [4.78, 5) is 12.7. The first-order valence-electron chi connectivity index (χ1n) is 9.90. The van der Waals surface area contributed by atoms with Gasteiger partial charge in [-0.15, -0.1) is 0 Å². The fraction of sp³-hybridized carbons (Fsp3) is 0.348. The Morgan fingerprint density at radius 1 is 1.00 bits per heavy atom. The summed E-state index contributed by atoms with van der Waals surface area (Å²) in [7, 11) is -3.76. The average Bonchev–Trinajstić information content (AvgIpc) is 2.72. The monoisotopic (exact) mass is 414 g/mol. The van der Waals surface area contributed by atoms with Gasteiger partial charge >= 0.3 is 0 Å². The van der Waals surface area contributed by atoms with Crippen LogP contribution in [0.2, 0.25) is 0 Å². The van der Waals surface area contributed by atoms with E-state index < -0.39 is 16.1 Å². The summed E-state index contributed by atoms with van der Waals surface area (Å²) < 4.78 is 27.4. The smallest absolute Gasteiger partial charge is 0.238 e. The molecule has 2 atom stereocenters. The molecule has 0 aromatic heterocycles. The van der Waals surface area contributed by atoms with E-state index in [4.69, 9.17) is 0 Å². The zero-order valence-electron chi connectivity index (χ0n) is 17.2. The van der Waals surface area contributed by atoms with Crippen LogP contribution in [0.4, 0.5) is 0 Å². The van der Waals surface area contributed by atoms with E-state index in [-0.39, 0.29) is 17.7 Å². The second kappa shape index (κ2) is 10.9. The maximum Gasteiger partial charge on any atom is 0.238 e. The highest BCUT2D eigenvalue weighted by Crippen LogP contribution is 2.18. The Morgan fingerprint density at radius 2 is 1.59 bits per heavy atom. The number of hydrogen-bond acceptors (Lipinski definition) is 3. The van der Waals surface area contributed by atoms with Crippen molar-refractivity contribution in [1.29, 1.82) is 0 Å². The van der Waals surface area contributed by atoms with Crippen LogP contribution in [0.15, 0.2) is 66.1 Å². The van der Waals surface area contributed by atoms with Crippen molar-refractivity contribution in [3.05, 3.63) is 77.2 Å². The van der Waals surface area contributed by atoms with E-state index in [1.54, 1.807) is 0 Å². The molecule has 0 fully saturated rings. The molecule has 0 spiro atoms. The molecule has 5 nitrogen and oxygen atoms in total. The third-order valence-corrected chi connectivity index (χ3v) is 5.84. The van der Waals surface area contributed by atoms with Crippen LogP contribution in [0, 0.1) is 5.92 Å². The van der Waals surface area contributed by atoms with Gasteiger partial charge in [-0.1, -0.05) is 81.4 Å². The molecule has 2 aromatic carbocycles. The summed E-state index contributed by atoms with van der Waals surface area (Å²) in [6, 6.07) is 18.3. The molecule has 0 heterocycles. The van der Waals surface area contributed by atoms with Crippen LogP contribution < -0.4 is 10.0 Å². The van der Waals surface area contributed by atoms with Gasteiger partial charge in [0.25, 0.3) is 0 Å². The zero-order chi connectivity index (χ0) is 21.3. The molecule has 0 saturated carbocycles. The quantitative estimate of drug-likeness (QED) is 0.619. The van der Waals surface area contributed by atoms with E-state index in [9.17, 15) is 13.2 Å². The SMILES string of the molecule is CCC(CNC(=O)C(NS(=O)(=O)/C=C/c1ccccc1)C(C)C)c1ccccc1. The molecular formula is C23H30N2O3S. The Kier molecular flexibility index (Phi) is 8.61. The second-order valence-electron chi connectivity index (χ2n) is 7.36. The minimum absolute atomic E-state index is 0.183. The highest BCUT2D eigenvalue weighted by Gasteiger charge is 2.26. The van der Waals surface area contributed by atoms with Gasteiger partial charge < -0.3 is 5.32 Å². The lowest BCUT2D eigenvalue weighted by molar-refractivity contribution is -0.123. The van der Waals surface area contributed by atoms with Gasteiger partial charge in [-0.3, -0.25) is 4.79 Å². The number of sulfonamides is 1. The van der Waals surface area contributed by atoms with Gasteiger partial charge in [0.15, 0.2) is 0 Å². The minimum Gasteiger partial charge on any atom is -0.354 e. The largest absolute Gasteiger partial charge is 0.354 e. The molecule has 2 unspecified atom stereocenters. The molecule has 0 saturated heterocycles. The summed E-state index contributed by atoms with van der Waals surface area (Å²) in [5.41, 5.74) is 1.93. The average molecular weight is 415 g/mol. The summed E-state index contributed by atoms with van der Waals surface area (Å²) in [5, 5.41) is 4.02. The number of hydrogen-bond donors (Lipinski definition) is 2. The Labute approximate surface area is 174 Å². The number of rotatable bonds is 10. The van der Waals surface area contributed by atoms with E-state index in [0.717, 1.165) is 23.0 Å². The van der Waals surface area contributed by atoms with Crippen LogP contribution >= 0.6 is 0 Å². The number of amides is 1. The number of carbonyl (C=O) groups is 1. The van der Waals surface area contributed by atoms with E-state index in [2.05, 4.69) is 17.0 Å². The molecule has 0 aliphatic carbocycles. The normalized spacial score (nSPS) is 14.1. The molecule has 156 valence electrons. The Morgan fingerprint density at radius 3 is 2.14 bits per heavy atom.